The second-order valence-electron chi connectivity index (χ2n) is 7.03. The minimum absolute atomic E-state index is 0.280. The third-order valence-corrected chi connectivity index (χ3v) is 4.90. The summed E-state index contributed by atoms with van der Waals surface area (Å²) in [6, 6.07) is 5.25. The molecule has 0 spiro atoms. The van der Waals surface area contributed by atoms with E-state index in [0.29, 0.717) is 42.0 Å². The zero-order valence-corrected chi connectivity index (χ0v) is 17.0. The molecule has 2 heterocycles. The average Bonchev–Trinajstić information content (AvgIpc) is 3.12. The van der Waals surface area contributed by atoms with Crippen molar-refractivity contribution in [2.45, 2.75) is 32.9 Å². The average molecular weight is 420 g/mol. The van der Waals surface area contributed by atoms with E-state index in [1.807, 2.05) is 6.92 Å². The molecule has 0 radical (unpaired) electrons. The molecule has 9 heteroatoms. The van der Waals surface area contributed by atoms with Crippen LogP contribution in [-0.2, 0) is 17.3 Å². The van der Waals surface area contributed by atoms with E-state index >= 15 is 0 Å². The lowest BCUT2D eigenvalue weighted by Gasteiger charge is -2.13. The first kappa shape index (κ1) is 21.8. The minimum Gasteiger partial charge on any atom is -0.385 e. The summed E-state index contributed by atoms with van der Waals surface area (Å²) >= 11 is 0. The lowest BCUT2D eigenvalue weighted by molar-refractivity contribution is -0.137. The molecule has 0 saturated heterocycles. The van der Waals surface area contributed by atoms with Gasteiger partial charge in [0.05, 0.1) is 11.8 Å². The Hall–Kier alpha value is -2.94. The normalized spacial score (nSPS) is 11.8. The number of alkyl halides is 3. The molecule has 160 valence electrons. The number of methoxy groups -OCH3 is 1. The Morgan fingerprint density at radius 3 is 2.73 bits per heavy atom. The smallest absolute Gasteiger partial charge is 0.385 e. The van der Waals surface area contributed by atoms with Crippen LogP contribution in [-0.4, -0.2) is 40.8 Å². The van der Waals surface area contributed by atoms with Crippen molar-refractivity contribution in [1.82, 2.24) is 19.9 Å². The van der Waals surface area contributed by atoms with Gasteiger partial charge < -0.3 is 10.1 Å². The number of aromatic nitrogens is 3. The molecule has 1 N–H and O–H groups in total. The molecule has 0 saturated carbocycles. The standard InChI is InChI=1S/C21H23F3N4O2/c1-13-17(11-15-6-4-7-16(10-15)21(22,23)24)14(2)28-19(27-13)18(12-26-28)20(29)25-8-5-9-30-3/h4,6-7,10,12H,5,8-9,11H2,1-3H3,(H,25,29). The van der Waals surface area contributed by atoms with Gasteiger partial charge in [0.1, 0.15) is 5.56 Å². The van der Waals surface area contributed by atoms with Gasteiger partial charge in [0.2, 0.25) is 0 Å². The van der Waals surface area contributed by atoms with Crippen molar-refractivity contribution in [2.75, 3.05) is 20.3 Å². The Labute approximate surface area is 172 Å². The first-order valence-electron chi connectivity index (χ1n) is 9.49. The molecule has 0 unspecified atom stereocenters. The molecule has 0 fully saturated rings. The number of hydrogen-bond acceptors (Lipinski definition) is 4. The van der Waals surface area contributed by atoms with Crippen molar-refractivity contribution >= 4 is 11.6 Å². The number of amides is 1. The third-order valence-electron chi connectivity index (χ3n) is 4.90. The third kappa shape index (κ3) is 4.62. The van der Waals surface area contributed by atoms with Crippen molar-refractivity contribution in [2.24, 2.45) is 0 Å². The van der Waals surface area contributed by atoms with Gasteiger partial charge in [0, 0.05) is 38.1 Å². The van der Waals surface area contributed by atoms with Crippen LogP contribution in [0, 0.1) is 13.8 Å². The van der Waals surface area contributed by atoms with Gasteiger partial charge in [0.15, 0.2) is 5.65 Å². The fourth-order valence-electron chi connectivity index (χ4n) is 3.30. The van der Waals surface area contributed by atoms with Gasteiger partial charge in [0.25, 0.3) is 5.91 Å². The van der Waals surface area contributed by atoms with Crippen LogP contribution in [0.1, 0.15) is 44.9 Å². The van der Waals surface area contributed by atoms with Gasteiger partial charge in [-0.25, -0.2) is 9.50 Å². The summed E-state index contributed by atoms with van der Waals surface area (Å²) in [4.78, 5) is 17.0. The van der Waals surface area contributed by atoms with Gasteiger partial charge in [-0.3, -0.25) is 4.79 Å². The maximum Gasteiger partial charge on any atom is 0.416 e. The number of benzene rings is 1. The summed E-state index contributed by atoms with van der Waals surface area (Å²) in [5.41, 5.74) is 2.76. The summed E-state index contributed by atoms with van der Waals surface area (Å²) in [7, 11) is 1.60. The van der Waals surface area contributed by atoms with E-state index in [2.05, 4.69) is 15.4 Å². The van der Waals surface area contributed by atoms with Gasteiger partial charge in [-0.05, 0) is 37.5 Å². The van der Waals surface area contributed by atoms with Crippen molar-refractivity contribution in [3.63, 3.8) is 0 Å². The summed E-state index contributed by atoms with van der Waals surface area (Å²) in [5.74, 6) is -0.280. The number of aryl methyl sites for hydroxylation is 2. The molecule has 0 aliphatic heterocycles. The maximum atomic E-state index is 13.0. The van der Waals surface area contributed by atoms with E-state index < -0.39 is 11.7 Å². The SMILES string of the molecule is COCCCNC(=O)c1cnn2c(C)c(Cc3cccc(C(F)(F)F)c3)c(C)nc12. The molecule has 0 bridgehead atoms. The van der Waals surface area contributed by atoms with Gasteiger partial charge in [-0.2, -0.15) is 18.3 Å². The molecule has 30 heavy (non-hydrogen) atoms. The number of fused-ring (bicyclic) bond motifs is 1. The largest absolute Gasteiger partial charge is 0.416 e. The first-order valence-corrected chi connectivity index (χ1v) is 9.49. The lowest BCUT2D eigenvalue weighted by atomic mass is 10.0. The number of hydrogen-bond donors (Lipinski definition) is 1. The summed E-state index contributed by atoms with van der Waals surface area (Å²) in [6.45, 7) is 4.61. The highest BCUT2D eigenvalue weighted by Crippen LogP contribution is 2.30. The number of carbonyl (C=O) groups is 1. The molecule has 6 nitrogen and oxygen atoms in total. The Bertz CT molecular complexity index is 1060. The van der Waals surface area contributed by atoms with Crippen molar-refractivity contribution in [3.05, 3.63) is 64.1 Å². The van der Waals surface area contributed by atoms with Crippen LogP contribution in [0.25, 0.3) is 5.65 Å². The Balaban J connectivity index is 1.89. The zero-order chi connectivity index (χ0) is 21.9. The van der Waals surface area contributed by atoms with Crippen LogP contribution in [0.4, 0.5) is 13.2 Å². The lowest BCUT2D eigenvalue weighted by Crippen LogP contribution is -2.25. The maximum absolute atomic E-state index is 13.0. The molecule has 1 amide bonds. The van der Waals surface area contributed by atoms with Crippen molar-refractivity contribution in [3.8, 4) is 0 Å². The van der Waals surface area contributed by atoms with E-state index in [-0.39, 0.29) is 12.3 Å². The fourth-order valence-corrected chi connectivity index (χ4v) is 3.30. The first-order chi connectivity index (χ1) is 14.2. The van der Waals surface area contributed by atoms with E-state index in [9.17, 15) is 18.0 Å². The summed E-state index contributed by atoms with van der Waals surface area (Å²) in [6.07, 6.45) is -1.97. The predicted octanol–water partition coefficient (Wildman–Crippen LogP) is 3.72. The number of ether oxygens (including phenoxy) is 1. The molecule has 2 aromatic heterocycles. The summed E-state index contributed by atoms with van der Waals surface area (Å²) < 4.78 is 45.6. The molecule has 0 aliphatic carbocycles. The number of nitrogens with zero attached hydrogens (tertiary/aromatic N) is 3. The van der Waals surface area contributed by atoms with E-state index in [1.165, 1.54) is 12.3 Å². The number of nitrogens with one attached hydrogen (secondary N) is 1. The van der Waals surface area contributed by atoms with Crippen LogP contribution in [0.5, 0.6) is 0 Å². The second kappa shape index (κ2) is 8.83. The van der Waals surface area contributed by atoms with E-state index in [4.69, 9.17) is 4.74 Å². The molecular weight excluding hydrogens is 397 g/mol. The molecule has 1 aromatic carbocycles. The fraction of sp³-hybridized carbons (Fsp3) is 0.381. The van der Waals surface area contributed by atoms with Crippen LogP contribution >= 0.6 is 0 Å². The highest BCUT2D eigenvalue weighted by molar-refractivity contribution is 5.99. The molecule has 3 rings (SSSR count). The molecule has 0 atom stereocenters. The van der Waals surface area contributed by atoms with Crippen LogP contribution in [0.15, 0.2) is 30.5 Å². The van der Waals surface area contributed by atoms with E-state index in [0.717, 1.165) is 23.4 Å². The van der Waals surface area contributed by atoms with Gasteiger partial charge in [-0.15, -0.1) is 0 Å². The minimum atomic E-state index is -4.39. The van der Waals surface area contributed by atoms with Crippen LogP contribution < -0.4 is 5.32 Å². The van der Waals surface area contributed by atoms with Crippen molar-refractivity contribution < 1.29 is 22.7 Å². The second-order valence-corrected chi connectivity index (χ2v) is 7.03. The molecule has 0 aliphatic rings. The highest BCUT2D eigenvalue weighted by atomic mass is 19.4. The highest BCUT2D eigenvalue weighted by Gasteiger charge is 2.30. The zero-order valence-electron chi connectivity index (χ0n) is 17.0. The Morgan fingerprint density at radius 2 is 2.03 bits per heavy atom. The monoisotopic (exact) mass is 420 g/mol. The predicted molar refractivity (Wildman–Crippen MR) is 106 cm³/mol. The van der Waals surface area contributed by atoms with Crippen LogP contribution in [0.2, 0.25) is 0 Å². The van der Waals surface area contributed by atoms with E-state index in [1.54, 1.807) is 24.6 Å². The number of rotatable bonds is 7. The van der Waals surface area contributed by atoms with Gasteiger partial charge >= 0.3 is 6.18 Å². The van der Waals surface area contributed by atoms with Crippen LogP contribution in [0.3, 0.4) is 0 Å². The quantitative estimate of drug-likeness (QED) is 0.592. The van der Waals surface area contributed by atoms with Crippen molar-refractivity contribution in [1.29, 1.82) is 0 Å². The number of carbonyl (C=O) groups excluding carboxylic acids is 1. The van der Waals surface area contributed by atoms with Gasteiger partial charge in [-0.1, -0.05) is 18.2 Å². The Kier molecular flexibility index (Phi) is 6.40. The Morgan fingerprint density at radius 1 is 1.27 bits per heavy atom. The molecular formula is C21H23F3N4O2. The number of halogens is 3. The molecule has 3 aromatic rings. The summed E-state index contributed by atoms with van der Waals surface area (Å²) in [5, 5.41) is 7.08. The topological polar surface area (TPSA) is 68.5 Å².